The standard InChI is InChI=1S/C22H20N2O6S/c1-14-7-9-16(10-8-14)23-19(25)13-30-17-6-4-3-5-15(17)11-18-21(27)24(22(28)31-18)12-20(26)29-2/h3-11H,12-13H2,1-2H3,(H,23,25). The fourth-order valence-electron chi connectivity index (χ4n) is 2.68. The summed E-state index contributed by atoms with van der Waals surface area (Å²) < 4.78 is 10.1. The first-order valence-corrected chi connectivity index (χ1v) is 10.1. The van der Waals surface area contributed by atoms with Crippen molar-refractivity contribution in [1.29, 1.82) is 0 Å². The normalized spacial score (nSPS) is 14.6. The van der Waals surface area contributed by atoms with Crippen molar-refractivity contribution < 1.29 is 28.7 Å². The Morgan fingerprint density at radius 1 is 1.10 bits per heavy atom. The Morgan fingerprint density at radius 2 is 1.81 bits per heavy atom. The summed E-state index contributed by atoms with van der Waals surface area (Å²) in [5.74, 6) is -1.24. The van der Waals surface area contributed by atoms with Gasteiger partial charge in [-0.15, -0.1) is 0 Å². The molecule has 1 heterocycles. The van der Waals surface area contributed by atoms with E-state index in [1.165, 1.54) is 13.2 Å². The van der Waals surface area contributed by atoms with Crippen molar-refractivity contribution in [3.8, 4) is 5.75 Å². The van der Waals surface area contributed by atoms with Gasteiger partial charge in [0, 0.05) is 11.3 Å². The lowest BCUT2D eigenvalue weighted by atomic mass is 10.2. The molecule has 3 rings (SSSR count). The minimum Gasteiger partial charge on any atom is -0.483 e. The number of benzene rings is 2. The van der Waals surface area contributed by atoms with E-state index in [0.29, 0.717) is 17.0 Å². The van der Waals surface area contributed by atoms with Crippen LogP contribution in [0.3, 0.4) is 0 Å². The van der Waals surface area contributed by atoms with Crippen LogP contribution in [0.15, 0.2) is 53.4 Å². The van der Waals surface area contributed by atoms with Gasteiger partial charge in [-0.3, -0.25) is 24.1 Å². The van der Waals surface area contributed by atoms with E-state index < -0.39 is 23.7 Å². The summed E-state index contributed by atoms with van der Waals surface area (Å²) in [6.07, 6.45) is 1.50. The average molecular weight is 440 g/mol. The van der Waals surface area contributed by atoms with Gasteiger partial charge in [-0.2, -0.15) is 0 Å². The minimum atomic E-state index is -0.688. The van der Waals surface area contributed by atoms with E-state index in [-0.39, 0.29) is 17.4 Å². The number of aryl methyl sites for hydroxylation is 1. The molecular formula is C22H20N2O6S. The Bertz CT molecular complexity index is 1050. The molecule has 1 fully saturated rings. The van der Waals surface area contributed by atoms with Crippen molar-refractivity contribution in [2.45, 2.75) is 6.92 Å². The first kappa shape index (κ1) is 22.1. The summed E-state index contributed by atoms with van der Waals surface area (Å²) in [5.41, 5.74) is 2.26. The van der Waals surface area contributed by atoms with Crippen LogP contribution in [0.25, 0.3) is 6.08 Å². The molecule has 9 heteroatoms. The first-order valence-electron chi connectivity index (χ1n) is 9.28. The highest BCUT2D eigenvalue weighted by Gasteiger charge is 2.36. The second kappa shape index (κ2) is 9.94. The number of imide groups is 1. The van der Waals surface area contributed by atoms with Crippen molar-refractivity contribution in [2.75, 3.05) is 25.6 Å². The number of esters is 1. The molecular weight excluding hydrogens is 420 g/mol. The zero-order valence-electron chi connectivity index (χ0n) is 16.9. The SMILES string of the molecule is COC(=O)CN1C(=O)SC(=Cc2ccccc2OCC(=O)Nc2ccc(C)cc2)C1=O. The van der Waals surface area contributed by atoms with E-state index in [4.69, 9.17) is 4.74 Å². The molecule has 0 aliphatic carbocycles. The van der Waals surface area contributed by atoms with Gasteiger partial charge in [0.05, 0.1) is 12.0 Å². The molecule has 0 saturated carbocycles. The summed E-state index contributed by atoms with van der Waals surface area (Å²) in [6, 6.07) is 14.2. The van der Waals surface area contributed by atoms with Crippen molar-refractivity contribution in [3.63, 3.8) is 0 Å². The van der Waals surface area contributed by atoms with Gasteiger partial charge in [-0.1, -0.05) is 35.9 Å². The molecule has 0 unspecified atom stereocenters. The Morgan fingerprint density at radius 3 is 2.52 bits per heavy atom. The number of amides is 3. The van der Waals surface area contributed by atoms with E-state index in [9.17, 15) is 19.2 Å². The fraction of sp³-hybridized carbons (Fsp3) is 0.182. The highest BCUT2D eigenvalue weighted by Crippen LogP contribution is 2.33. The molecule has 2 aromatic carbocycles. The van der Waals surface area contributed by atoms with Gasteiger partial charge in [0.2, 0.25) is 0 Å². The number of hydrogen-bond donors (Lipinski definition) is 1. The number of nitrogens with zero attached hydrogens (tertiary/aromatic N) is 1. The number of carbonyl (C=O) groups excluding carboxylic acids is 4. The maximum Gasteiger partial charge on any atom is 0.325 e. The maximum atomic E-state index is 12.5. The molecule has 1 aliphatic rings. The van der Waals surface area contributed by atoms with Crippen LogP contribution in [-0.4, -0.2) is 48.2 Å². The number of rotatable bonds is 7. The van der Waals surface area contributed by atoms with Gasteiger partial charge >= 0.3 is 5.97 Å². The number of thioether (sulfide) groups is 1. The van der Waals surface area contributed by atoms with Crippen molar-refractivity contribution in [1.82, 2.24) is 4.90 Å². The summed E-state index contributed by atoms with van der Waals surface area (Å²) in [4.78, 5) is 49.1. The lowest BCUT2D eigenvalue weighted by Crippen LogP contribution is -2.34. The van der Waals surface area contributed by atoms with Crippen LogP contribution >= 0.6 is 11.8 Å². The van der Waals surface area contributed by atoms with Crippen LogP contribution in [0.4, 0.5) is 10.5 Å². The molecule has 2 aromatic rings. The lowest BCUT2D eigenvalue weighted by Gasteiger charge is -2.11. The number of para-hydroxylation sites is 1. The molecule has 1 saturated heterocycles. The van der Waals surface area contributed by atoms with Crippen LogP contribution in [0.5, 0.6) is 5.75 Å². The van der Waals surface area contributed by atoms with Crippen molar-refractivity contribution in [3.05, 3.63) is 64.6 Å². The van der Waals surface area contributed by atoms with E-state index >= 15 is 0 Å². The molecule has 160 valence electrons. The number of nitrogens with one attached hydrogen (secondary N) is 1. The monoisotopic (exact) mass is 440 g/mol. The average Bonchev–Trinajstić information content (AvgIpc) is 3.02. The van der Waals surface area contributed by atoms with Crippen LogP contribution < -0.4 is 10.1 Å². The largest absolute Gasteiger partial charge is 0.483 e. The van der Waals surface area contributed by atoms with Crippen LogP contribution in [-0.2, 0) is 19.1 Å². The number of ether oxygens (including phenoxy) is 2. The number of hydrogen-bond acceptors (Lipinski definition) is 7. The van der Waals surface area contributed by atoms with Gasteiger partial charge in [-0.05, 0) is 43.0 Å². The molecule has 0 spiro atoms. The third-order valence-electron chi connectivity index (χ3n) is 4.29. The molecule has 31 heavy (non-hydrogen) atoms. The first-order chi connectivity index (χ1) is 14.9. The topological polar surface area (TPSA) is 102 Å². The molecule has 0 bridgehead atoms. The highest BCUT2D eigenvalue weighted by atomic mass is 32.2. The summed E-state index contributed by atoms with van der Waals surface area (Å²) >= 11 is 0.721. The van der Waals surface area contributed by atoms with Crippen molar-refractivity contribution in [2.24, 2.45) is 0 Å². The summed E-state index contributed by atoms with van der Waals surface area (Å²) in [7, 11) is 1.18. The van der Waals surface area contributed by atoms with E-state index in [1.807, 2.05) is 19.1 Å². The van der Waals surface area contributed by atoms with E-state index in [0.717, 1.165) is 22.2 Å². The minimum absolute atomic E-state index is 0.147. The fourth-order valence-corrected chi connectivity index (χ4v) is 3.51. The molecule has 1 N–H and O–H groups in total. The Labute approximate surface area is 183 Å². The quantitative estimate of drug-likeness (QED) is 0.521. The molecule has 0 radical (unpaired) electrons. The van der Waals surface area contributed by atoms with Gasteiger partial charge < -0.3 is 14.8 Å². The Kier molecular flexibility index (Phi) is 7.09. The number of carbonyl (C=O) groups is 4. The predicted octanol–water partition coefficient (Wildman–Crippen LogP) is 3.22. The van der Waals surface area contributed by atoms with Crippen molar-refractivity contribution >= 4 is 46.5 Å². The van der Waals surface area contributed by atoms with Gasteiger partial charge in [0.15, 0.2) is 6.61 Å². The Balaban J connectivity index is 1.68. The van der Waals surface area contributed by atoms with Gasteiger partial charge in [-0.25, -0.2) is 0 Å². The third kappa shape index (κ3) is 5.73. The molecule has 0 atom stereocenters. The Hall–Kier alpha value is -3.59. The molecule has 3 amide bonds. The van der Waals surface area contributed by atoms with E-state index in [1.54, 1.807) is 36.4 Å². The number of methoxy groups -OCH3 is 1. The number of anilines is 1. The third-order valence-corrected chi connectivity index (χ3v) is 5.20. The second-order valence-electron chi connectivity index (χ2n) is 6.58. The van der Waals surface area contributed by atoms with Gasteiger partial charge in [0.1, 0.15) is 12.3 Å². The highest BCUT2D eigenvalue weighted by molar-refractivity contribution is 8.18. The zero-order valence-corrected chi connectivity index (χ0v) is 17.7. The predicted molar refractivity (Wildman–Crippen MR) is 116 cm³/mol. The zero-order chi connectivity index (χ0) is 22.4. The summed E-state index contributed by atoms with van der Waals surface area (Å²) in [6.45, 7) is 1.27. The van der Waals surface area contributed by atoms with Crippen LogP contribution in [0.2, 0.25) is 0 Å². The van der Waals surface area contributed by atoms with Crippen LogP contribution in [0, 0.1) is 6.92 Å². The van der Waals surface area contributed by atoms with E-state index in [2.05, 4.69) is 10.1 Å². The molecule has 8 nitrogen and oxygen atoms in total. The molecule has 1 aliphatic heterocycles. The maximum absolute atomic E-state index is 12.5. The second-order valence-corrected chi connectivity index (χ2v) is 7.58. The lowest BCUT2D eigenvalue weighted by molar-refractivity contribution is -0.143. The van der Waals surface area contributed by atoms with Crippen LogP contribution in [0.1, 0.15) is 11.1 Å². The smallest absolute Gasteiger partial charge is 0.325 e. The molecule has 0 aromatic heterocycles. The summed E-state index contributed by atoms with van der Waals surface area (Å²) in [5, 5.41) is 2.18. The van der Waals surface area contributed by atoms with Gasteiger partial charge in [0.25, 0.3) is 17.1 Å².